The molecule has 0 atom stereocenters. The summed E-state index contributed by atoms with van der Waals surface area (Å²) < 4.78 is 12.1. The van der Waals surface area contributed by atoms with Crippen molar-refractivity contribution in [3.8, 4) is 11.5 Å². The van der Waals surface area contributed by atoms with Crippen LogP contribution in [-0.2, 0) is 17.7 Å². The number of hydrogen-bond donors (Lipinski definition) is 0. The maximum absolute atomic E-state index is 6.12. The third-order valence-corrected chi connectivity index (χ3v) is 4.73. The zero-order valence-corrected chi connectivity index (χ0v) is 19.1. The van der Waals surface area contributed by atoms with Crippen LogP contribution in [0.15, 0.2) is 58.2 Å². The minimum Gasteiger partial charge on any atom is -0.493 e. The van der Waals surface area contributed by atoms with Crippen molar-refractivity contribution in [2.24, 2.45) is 5.16 Å². The fourth-order valence-electron chi connectivity index (χ4n) is 2.85. The molecule has 0 N–H and O–H groups in total. The van der Waals surface area contributed by atoms with E-state index in [2.05, 4.69) is 19.0 Å². The second kappa shape index (κ2) is 13.9. The summed E-state index contributed by atoms with van der Waals surface area (Å²) in [5, 5.41) is 4.00. The van der Waals surface area contributed by atoms with Crippen LogP contribution in [0.5, 0.6) is 11.5 Å². The smallest absolute Gasteiger partial charge is 0.125 e. The Balaban J connectivity index is 1.79. The van der Waals surface area contributed by atoms with Gasteiger partial charge in [-0.2, -0.15) is 0 Å². The van der Waals surface area contributed by atoms with E-state index in [1.165, 1.54) is 0 Å². The van der Waals surface area contributed by atoms with Crippen LogP contribution in [0.2, 0.25) is 0 Å². The topological polar surface area (TPSA) is 40.0 Å². The molecule has 0 fully saturated rings. The van der Waals surface area contributed by atoms with Gasteiger partial charge in [-0.15, -0.1) is 0 Å². The molecule has 0 aliphatic carbocycles. The van der Waals surface area contributed by atoms with Gasteiger partial charge in [0.25, 0.3) is 0 Å². The lowest BCUT2D eigenvalue weighted by Gasteiger charge is -2.17. The molecule has 0 bridgehead atoms. The molecule has 2 aromatic rings. The van der Waals surface area contributed by atoms with Crippen molar-refractivity contribution in [1.29, 1.82) is 0 Å². The van der Waals surface area contributed by atoms with Crippen molar-refractivity contribution in [1.82, 2.24) is 0 Å². The number of rotatable bonds is 13. The van der Waals surface area contributed by atoms with Crippen LogP contribution < -0.4 is 9.47 Å². The lowest BCUT2D eigenvalue weighted by atomic mass is 10.0. The molecule has 2 aromatic carbocycles. The molecule has 0 saturated carbocycles. The predicted molar refractivity (Wildman–Crippen MR) is 125 cm³/mol. The van der Waals surface area contributed by atoms with Crippen LogP contribution in [0.4, 0.5) is 0 Å². The molecule has 0 amide bonds. The van der Waals surface area contributed by atoms with Gasteiger partial charge in [0.2, 0.25) is 0 Å². The SMILES string of the molecule is CCc1cc(OCC=C(Cl)Cl)cc(CC)c1OCCCCO/N=C/c1ccccc1. The van der Waals surface area contributed by atoms with Crippen LogP contribution in [0, 0.1) is 0 Å². The summed E-state index contributed by atoms with van der Waals surface area (Å²) in [5.41, 5.74) is 3.29. The fraction of sp³-hybridized carbons (Fsp3) is 0.375. The Morgan fingerprint density at radius 2 is 1.60 bits per heavy atom. The van der Waals surface area contributed by atoms with Crippen LogP contribution in [-0.4, -0.2) is 26.0 Å². The van der Waals surface area contributed by atoms with Crippen molar-refractivity contribution in [3.05, 3.63) is 69.7 Å². The molecule has 0 heterocycles. The van der Waals surface area contributed by atoms with Crippen LogP contribution in [0.1, 0.15) is 43.4 Å². The molecule has 0 aliphatic heterocycles. The molecule has 4 nitrogen and oxygen atoms in total. The van der Waals surface area contributed by atoms with Crippen molar-refractivity contribution in [3.63, 3.8) is 0 Å². The van der Waals surface area contributed by atoms with Gasteiger partial charge in [0, 0.05) is 0 Å². The Hall–Kier alpha value is -2.17. The van der Waals surface area contributed by atoms with Gasteiger partial charge in [0.05, 0.1) is 12.8 Å². The first-order valence-corrected chi connectivity index (χ1v) is 11.0. The van der Waals surface area contributed by atoms with E-state index in [-0.39, 0.29) is 4.49 Å². The number of halogens is 2. The Bertz CT molecular complexity index is 793. The molecule has 30 heavy (non-hydrogen) atoms. The average molecular weight is 450 g/mol. The van der Waals surface area contributed by atoms with Gasteiger partial charge in [-0.3, -0.25) is 0 Å². The van der Waals surface area contributed by atoms with E-state index >= 15 is 0 Å². The number of nitrogens with zero attached hydrogens (tertiary/aromatic N) is 1. The zero-order chi connectivity index (χ0) is 21.6. The standard InChI is InChI=1S/C24H29Cl2NO3/c1-3-20-16-22(28-15-12-23(25)26)17-21(4-2)24(20)29-13-8-9-14-30-27-18-19-10-6-5-7-11-19/h5-7,10-12,16-18H,3-4,8-9,13-15H2,1-2H3/b27-18+. The molecule has 162 valence electrons. The highest BCUT2D eigenvalue weighted by molar-refractivity contribution is 6.55. The Morgan fingerprint density at radius 1 is 0.933 bits per heavy atom. The monoisotopic (exact) mass is 449 g/mol. The van der Waals surface area contributed by atoms with E-state index in [0.717, 1.165) is 53.9 Å². The van der Waals surface area contributed by atoms with Crippen molar-refractivity contribution < 1.29 is 14.3 Å². The largest absolute Gasteiger partial charge is 0.493 e. The number of benzene rings is 2. The zero-order valence-electron chi connectivity index (χ0n) is 17.6. The molecule has 6 heteroatoms. The van der Waals surface area contributed by atoms with Gasteiger partial charge in [-0.25, -0.2) is 0 Å². The minimum atomic E-state index is 0.205. The number of unbranched alkanes of at least 4 members (excludes halogenated alkanes) is 1. The first-order chi connectivity index (χ1) is 14.6. The van der Waals surface area contributed by atoms with Crippen LogP contribution >= 0.6 is 23.2 Å². The first kappa shape index (κ1) is 24.1. The Morgan fingerprint density at radius 3 is 2.23 bits per heavy atom. The van der Waals surface area contributed by atoms with Gasteiger partial charge in [0.15, 0.2) is 0 Å². The average Bonchev–Trinajstić information content (AvgIpc) is 2.76. The summed E-state index contributed by atoms with van der Waals surface area (Å²) in [6.07, 6.45) is 6.84. The van der Waals surface area contributed by atoms with Crippen molar-refractivity contribution >= 4 is 29.4 Å². The number of ether oxygens (including phenoxy) is 2. The number of hydrogen-bond acceptors (Lipinski definition) is 4. The molecule has 0 radical (unpaired) electrons. The summed E-state index contributed by atoms with van der Waals surface area (Å²) in [6.45, 7) is 5.76. The predicted octanol–water partition coefficient (Wildman–Crippen LogP) is 6.72. The second-order valence-corrected chi connectivity index (χ2v) is 7.62. The molecular formula is C24H29Cl2NO3. The highest BCUT2D eigenvalue weighted by Gasteiger charge is 2.11. The van der Waals surface area contributed by atoms with Gasteiger partial charge < -0.3 is 14.3 Å². The van der Waals surface area contributed by atoms with Crippen molar-refractivity contribution in [2.75, 3.05) is 19.8 Å². The lowest BCUT2D eigenvalue weighted by molar-refractivity contribution is 0.137. The van der Waals surface area contributed by atoms with Gasteiger partial charge in [0.1, 0.15) is 29.2 Å². The molecule has 0 aliphatic rings. The molecule has 2 rings (SSSR count). The lowest BCUT2D eigenvalue weighted by Crippen LogP contribution is -2.05. The third kappa shape index (κ3) is 8.68. The highest BCUT2D eigenvalue weighted by Crippen LogP contribution is 2.31. The maximum Gasteiger partial charge on any atom is 0.125 e. The van der Waals surface area contributed by atoms with Gasteiger partial charge >= 0.3 is 0 Å². The number of oxime groups is 1. The van der Waals surface area contributed by atoms with Crippen LogP contribution in [0.25, 0.3) is 0 Å². The molecule has 0 spiro atoms. The molecular weight excluding hydrogens is 421 g/mol. The summed E-state index contributed by atoms with van der Waals surface area (Å²) in [6, 6.07) is 13.9. The summed E-state index contributed by atoms with van der Waals surface area (Å²) in [7, 11) is 0. The number of aryl methyl sites for hydroxylation is 2. The van der Waals surface area contributed by atoms with E-state index < -0.39 is 0 Å². The maximum atomic E-state index is 6.12. The summed E-state index contributed by atoms with van der Waals surface area (Å²) in [4.78, 5) is 5.32. The van der Waals surface area contributed by atoms with Gasteiger partial charge in [-0.05, 0) is 60.6 Å². The van der Waals surface area contributed by atoms with E-state index in [9.17, 15) is 0 Å². The van der Waals surface area contributed by atoms with E-state index in [1.54, 1.807) is 12.3 Å². The second-order valence-electron chi connectivity index (χ2n) is 6.62. The summed E-state index contributed by atoms with van der Waals surface area (Å²) in [5.74, 6) is 1.76. The minimum absolute atomic E-state index is 0.205. The third-order valence-electron chi connectivity index (χ3n) is 4.42. The molecule has 0 saturated heterocycles. The molecule has 0 unspecified atom stereocenters. The van der Waals surface area contributed by atoms with E-state index in [0.29, 0.717) is 19.8 Å². The highest BCUT2D eigenvalue weighted by atomic mass is 35.5. The van der Waals surface area contributed by atoms with Crippen LogP contribution in [0.3, 0.4) is 0 Å². The molecule has 0 aromatic heterocycles. The fourth-order valence-corrected chi connectivity index (χ4v) is 2.98. The van der Waals surface area contributed by atoms with E-state index in [4.69, 9.17) is 37.5 Å². The first-order valence-electron chi connectivity index (χ1n) is 10.3. The Kier molecular flexibility index (Phi) is 11.2. The van der Waals surface area contributed by atoms with Gasteiger partial charge in [-0.1, -0.05) is 72.5 Å². The van der Waals surface area contributed by atoms with E-state index in [1.807, 2.05) is 42.5 Å². The van der Waals surface area contributed by atoms with Crippen molar-refractivity contribution in [2.45, 2.75) is 39.5 Å². The Labute approximate surface area is 189 Å². The quantitative estimate of drug-likeness (QED) is 0.193. The summed E-state index contributed by atoms with van der Waals surface area (Å²) >= 11 is 11.3. The normalized spacial score (nSPS) is 10.8.